The SMILES string of the molecule is COc1ccccc1CN1CCc2nc(Nc3ccc(F)cc3F)ncc2C1. The van der Waals surface area contributed by atoms with Crippen LogP contribution in [0.1, 0.15) is 16.8 Å². The molecule has 0 bridgehead atoms. The second kappa shape index (κ2) is 7.90. The summed E-state index contributed by atoms with van der Waals surface area (Å²) in [4.78, 5) is 11.1. The zero-order chi connectivity index (χ0) is 19.5. The largest absolute Gasteiger partial charge is 0.496 e. The molecule has 4 rings (SSSR count). The molecule has 0 saturated carbocycles. The van der Waals surface area contributed by atoms with Crippen LogP contribution in [0.15, 0.2) is 48.7 Å². The van der Waals surface area contributed by atoms with Gasteiger partial charge >= 0.3 is 0 Å². The van der Waals surface area contributed by atoms with E-state index in [9.17, 15) is 8.78 Å². The summed E-state index contributed by atoms with van der Waals surface area (Å²) in [7, 11) is 1.68. The Morgan fingerprint density at radius 2 is 2.04 bits per heavy atom. The number of halogens is 2. The minimum atomic E-state index is -0.677. The third kappa shape index (κ3) is 3.94. The van der Waals surface area contributed by atoms with E-state index in [0.29, 0.717) is 5.95 Å². The number of fused-ring (bicyclic) bond motifs is 1. The van der Waals surface area contributed by atoms with E-state index in [0.717, 1.165) is 54.7 Å². The highest BCUT2D eigenvalue weighted by Crippen LogP contribution is 2.25. The number of hydrogen-bond donors (Lipinski definition) is 1. The van der Waals surface area contributed by atoms with E-state index in [2.05, 4.69) is 26.3 Å². The molecular formula is C21H20F2N4O. The maximum absolute atomic E-state index is 13.8. The fourth-order valence-electron chi connectivity index (χ4n) is 3.36. The van der Waals surface area contributed by atoms with Crippen molar-refractivity contribution in [2.75, 3.05) is 19.0 Å². The third-order valence-corrected chi connectivity index (χ3v) is 4.78. The first-order valence-electron chi connectivity index (χ1n) is 9.03. The van der Waals surface area contributed by atoms with Crippen molar-refractivity contribution in [3.63, 3.8) is 0 Å². The summed E-state index contributed by atoms with van der Waals surface area (Å²) >= 11 is 0. The predicted molar refractivity (Wildman–Crippen MR) is 102 cm³/mol. The Hall–Kier alpha value is -3.06. The van der Waals surface area contributed by atoms with Gasteiger partial charge < -0.3 is 10.1 Å². The number of anilines is 2. The first-order valence-corrected chi connectivity index (χ1v) is 9.03. The van der Waals surface area contributed by atoms with Crippen molar-refractivity contribution in [3.05, 3.63) is 77.1 Å². The molecule has 0 spiro atoms. The summed E-state index contributed by atoms with van der Waals surface area (Å²) < 4.78 is 32.3. The van der Waals surface area contributed by atoms with Gasteiger partial charge in [-0.1, -0.05) is 18.2 Å². The van der Waals surface area contributed by atoms with Gasteiger partial charge in [0.2, 0.25) is 5.95 Å². The molecule has 1 N–H and O–H groups in total. The van der Waals surface area contributed by atoms with Gasteiger partial charge in [0.05, 0.1) is 18.5 Å². The molecule has 0 fully saturated rings. The number of rotatable bonds is 5. The Morgan fingerprint density at radius 1 is 1.18 bits per heavy atom. The van der Waals surface area contributed by atoms with Gasteiger partial charge in [-0.25, -0.2) is 18.7 Å². The number of hydrogen-bond acceptors (Lipinski definition) is 5. The Bertz CT molecular complexity index is 996. The number of nitrogens with zero attached hydrogens (tertiary/aromatic N) is 3. The molecule has 0 atom stereocenters. The van der Waals surface area contributed by atoms with E-state index in [-0.39, 0.29) is 5.69 Å². The standard InChI is InChI=1S/C21H20F2N4O/c1-28-20-5-3-2-4-14(20)12-27-9-8-18-15(13-27)11-24-21(25-18)26-19-7-6-16(22)10-17(19)23/h2-7,10-11H,8-9,12-13H2,1H3,(H,24,25,26). The van der Waals surface area contributed by atoms with Gasteiger partial charge in [0.1, 0.15) is 17.4 Å². The van der Waals surface area contributed by atoms with Gasteiger partial charge in [0, 0.05) is 49.4 Å². The van der Waals surface area contributed by atoms with Crippen LogP contribution in [0.3, 0.4) is 0 Å². The molecule has 2 aromatic carbocycles. The topological polar surface area (TPSA) is 50.3 Å². The van der Waals surface area contributed by atoms with Gasteiger partial charge in [-0.3, -0.25) is 4.90 Å². The lowest BCUT2D eigenvalue weighted by Gasteiger charge is -2.28. The summed E-state index contributed by atoms with van der Waals surface area (Å²) in [5.41, 5.74) is 3.27. The van der Waals surface area contributed by atoms with Crippen LogP contribution in [0.4, 0.5) is 20.4 Å². The van der Waals surface area contributed by atoms with E-state index >= 15 is 0 Å². The van der Waals surface area contributed by atoms with Crippen LogP contribution in [0.2, 0.25) is 0 Å². The maximum atomic E-state index is 13.8. The second-order valence-corrected chi connectivity index (χ2v) is 6.69. The lowest BCUT2D eigenvalue weighted by atomic mass is 10.1. The predicted octanol–water partition coefficient (Wildman–Crippen LogP) is 4.07. The highest BCUT2D eigenvalue weighted by molar-refractivity contribution is 5.54. The number of aromatic nitrogens is 2. The van der Waals surface area contributed by atoms with Crippen molar-refractivity contribution >= 4 is 11.6 Å². The molecule has 1 aliphatic heterocycles. The minimum Gasteiger partial charge on any atom is -0.496 e. The Labute approximate surface area is 162 Å². The first-order chi connectivity index (χ1) is 13.6. The third-order valence-electron chi connectivity index (χ3n) is 4.78. The number of nitrogens with one attached hydrogen (secondary N) is 1. The van der Waals surface area contributed by atoms with E-state index < -0.39 is 11.6 Å². The molecule has 7 heteroatoms. The molecule has 0 radical (unpaired) electrons. The molecule has 1 aliphatic rings. The van der Waals surface area contributed by atoms with Crippen LogP contribution in [0, 0.1) is 11.6 Å². The Morgan fingerprint density at radius 3 is 2.86 bits per heavy atom. The van der Waals surface area contributed by atoms with Crippen molar-refractivity contribution in [1.29, 1.82) is 0 Å². The lowest BCUT2D eigenvalue weighted by molar-refractivity contribution is 0.239. The molecule has 144 valence electrons. The molecule has 0 unspecified atom stereocenters. The Kier molecular flexibility index (Phi) is 5.16. The summed E-state index contributed by atoms with van der Waals surface area (Å²) in [6.45, 7) is 2.37. The molecule has 28 heavy (non-hydrogen) atoms. The van der Waals surface area contributed by atoms with Crippen molar-refractivity contribution in [2.24, 2.45) is 0 Å². The van der Waals surface area contributed by atoms with Crippen molar-refractivity contribution < 1.29 is 13.5 Å². The van der Waals surface area contributed by atoms with Gasteiger partial charge in [0.25, 0.3) is 0 Å². The highest BCUT2D eigenvalue weighted by atomic mass is 19.1. The van der Waals surface area contributed by atoms with Gasteiger partial charge in [0.15, 0.2) is 0 Å². The molecule has 1 aromatic heterocycles. The van der Waals surface area contributed by atoms with Crippen LogP contribution < -0.4 is 10.1 Å². The van der Waals surface area contributed by atoms with Crippen LogP contribution >= 0.6 is 0 Å². The average molecular weight is 382 g/mol. The number of methoxy groups -OCH3 is 1. The average Bonchev–Trinajstić information content (AvgIpc) is 2.70. The van der Waals surface area contributed by atoms with Crippen LogP contribution in [-0.4, -0.2) is 28.5 Å². The summed E-state index contributed by atoms with van der Waals surface area (Å²) in [6, 6.07) is 11.3. The minimum absolute atomic E-state index is 0.148. The lowest BCUT2D eigenvalue weighted by Crippen LogP contribution is -2.31. The van der Waals surface area contributed by atoms with E-state index in [1.807, 2.05) is 18.2 Å². The number of benzene rings is 2. The number of para-hydroxylation sites is 1. The van der Waals surface area contributed by atoms with E-state index in [1.54, 1.807) is 13.3 Å². The molecule has 2 heterocycles. The molecular weight excluding hydrogens is 362 g/mol. The quantitative estimate of drug-likeness (QED) is 0.721. The highest BCUT2D eigenvalue weighted by Gasteiger charge is 2.20. The summed E-state index contributed by atoms with van der Waals surface area (Å²) in [6.07, 6.45) is 2.54. The molecule has 3 aromatic rings. The summed E-state index contributed by atoms with van der Waals surface area (Å²) in [5.74, 6) is -0.110. The molecule has 5 nitrogen and oxygen atoms in total. The van der Waals surface area contributed by atoms with Crippen molar-refractivity contribution in [2.45, 2.75) is 19.5 Å². The summed E-state index contributed by atoms with van der Waals surface area (Å²) in [5, 5.41) is 2.82. The van der Waals surface area contributed by atoms with Gasteiger partial charge in [-0.2, -0.15) is 0 Å². The van der Waals surface area contributed by atoms with Gasteiger partial charge in [-0.15, -0.1) is 0 Å². The number of ether oxygens (including phenoxy) is 1. The van der Waals surface area contributed by atoms with Crippen molar-refractivity contribution in [1.82, 2.24) is 14.9 Å². The normalized spacial score (nSPS) is 13.8. The van der Waals surface area contributed by atoms with Crippen LogP contribution in [0.25, 0.3) is 0 Å². The zero-order valence-corrected chi connectivity index (χ0v) is 15.5. The van der Waals surface area contributed by atoms with Crippen LogP contribution in [0.5, 0.6) is 5.75 Å². The smallest absolute Gasteiger partial charge is 0.227 e. The maximum Gasteiger partial charge on any atom is 0.227 e. The first kappa shape index (κ1) is 18.3. The van der Waals surface area contributed by atoms with Gasteiger partial charge in [-0.05, 0) is 18.2 Å². The van der Waals surface area contributed by atoms with E-state index in [4.69, 9.17) is 4.74 Å². The monoisotopic (exact) mass is 382 g/mol. The van der Waals surface area contributed by atoms with Crippen LogP contribution in [-0.2, 0) is 19.5 Å². The van der Waals surface area contributed by atoms with E-state index in [1.165, 1.54) is 12.1 Å². The van der Waals surface area contributed by atoms with Crippen molar-refractivity contribution in [3.8, 4) is 5.75 Å². The molecule has 0 aliphatic carbocycles. The molecule has 0 amide bonds. The second-order valence-electron chi connectivity index (χ2n) is 6.69. The Balaban J connectivity index is 1.47. The fraction of sp³-hybridized carbons (Fsp3) is 0.238. The molecule has 0 saturated heterocycles. The fourth-order valence-corrected chi connectivity index (χ4v) is 3.36. The zero-order valence-electron chi connectivity index (χ0n) is 15.5.